The van der Waals surface area contributed by atoms with E-state index in [1.54, 1.807) is 32.3 Å². The van der Waals surface area contributed by atoms with Crippen LogP contribution in [0.25, 0.3) is 17.3 Å². The fourth-order valence-corrected chi connectivity index (χ4v) is 2.96. The standard InChI is InChI=1S/C21H18ClN3O3/c1-13-19(20(25-28-13)14-6-4-3-5-7-14)21(27)24-18-11-15(8-9-23-2)16(12-26)10-17(18)22/h3-12,23H,1-2H3,(H,24,27)/b9-8-. The Morgan fingerprint density at radius 2 is 1.93 bits per heavy atom. The molecule has 0 unspecified atom stereocenters. The molecule has 0 aliphatic rings. The molecule has 142 valence electrons. The lowest BCUT2D eigenvalue weighted by Gasteiger charge is -2.10. The van der Waals surface area contributed by atoms with Gasteiger partial charge in [0.1, 0.15) is 17.0 Å². The van der Waals surface area contributed by atoms with Crippen molar-refractivity contribution in [1.82, 2.24) is 10.5 Å². The Morgan fingerprint density at radius 3 is 2.61 bits per heavy atom. The first-order valence-corrected chi connectivity index (χ1v) is 8.88. The van der Waals surface area contributed by atoms with Crippen LogP contribution in [0.15, 0.2) is 53.2 Å². The van der Waals surface area contributed by atoms with Crippen molar-refractivity contribution in [2.45, 2.75) is 6.92 Å². The number of anilines is 1. The van der Waals surface area contributed by atoms with Crippen molar-refractivity contribution in [2.75, 3.05) is 12.4 Å². The number of aryl methyl sites for hydroxylation is 1. The number of hydrogen-bond acceptors (Lipinski definition) is 5. The molecule has 3 rings (SSSR count). The Hall–Kier alpha value is -3.38. The molecule has 0 atom stereocenters. The number of aromatic nitrogens is 1. The van der Waals surface area contributed by atoms with Crippen molar-refractivity contribution >= 4 is 35.6 Å². The number of aldehydes is 1. The zero-order chi connectivity index (χ0) is 20.1. The molecular formula is C21H18ClN3O3. The number of hydrogen-bond donors (Lipinski definition) is 2. The van der Waals surface area contributed by atoms with Gasteiger partial charge in [0.15, 0.2) is 6.29 Å². The third kappa shape index (κ3) is 3.97. The molecule has 0 aliphatic carbocycles. The molecule has 0 spiro atoms. The zero-order valence-corrected chi connectivity index (χ0v) is 16.1. The second kappa shape index (κ2) is 8.54. The number of nitrogens with zero attached hydrogens (tertiary/aromatic N) is 1. The van der Waals surface area contributed by atoms with Crippen LogP contribution in [0.3, 0.4) is 0 Å². The maximum atomic E-state index is 13.0. The van der Waals surface area contributed by atoms with Crippen molar-refractivity contribution in [2.24, 2.45) is 0 Å². The van der Waals surface area contributed by atoms with E-state index >= 15 is 0 Å². The summed E-state index contributed by atoms with van der Waals surface area (Å²) in [6.45, 7) is 1.67. The van der Waals surface area contributed by atoms with Crippen LogP contribution < -0.4 is 10.6 Å². The molecule has 7 heteroatoms. The van der Waals surface area contributed by atoms with E-state index in [9.17, 15) is 9.59 Å². The van der Waals surface area contributed by atoms with Crippen LogP contribution in [-0.4, -0.2) is 24.4 Å². The maximum absolute atomic E-state index is 13.0. The number of amides is 1. The largest absolute Gasteiger partial charge is 0.394 e. The highest BCUT2D eigenvalue weighted by molar-refractivity contribution is 6.34. The molecule has 0 radical (unpaired) electrons. The number of halogens is 1. The Kier molecular flexibility index (Phi) is 5.91. The van der Waals surface area contributed by atoms with Gasteiger partial charge >= 0.3 is 0 Å². The molecule has 1 aromatic heterocycles. The van der Waals surface area contributed by atoms with Crippen molar-refractivity contribution in [1.29, 1.82) is 0 Å². The molecule has 0 saturated heterocycles. The number of carbonyl (C=O) groups excluding carboxylic acids is 2. The van der Waals surface area contributed by atoms with E-state index in [0.29, 0.717) is 40.1 Å². The summed E-state index contributed by atoms with van der Waals surface area (Å²) in [5.41, 5.74) is 2.97. The third-order valence-corrected chi connectivity index (χ3v) is 4.43. The average Bonchev–Trinajstić information content (AvgIpc) is 3.10. The summed E-state index contributed by atoms with van der Waals surface area (Å²) in [5, 5.41) is 9.93. The lowest BCUT2D eigenvalue weighted by molar-refractivity contribution is 0.102. The van der Waals surface area contributed by atoms with E-state index in [1.165, 1.54) is 6.07 Å². The van der Waals surface area contributed by atoms with Gasteiger partial charge in [0, 0.05) is 18.2 Å². The van der Waals surface area contributed by atoms with E-state index in [1.807, 2.05) is 30.3 Å². The van der Waals surface area contributed by atoms with Gasteiger partial charge in [-0.25, -0.2) is 0 Å². The van der Waals surface area contributed by atoms with E-state index < -0.39 is 5.91 Å². The van der Waals surface area contributed by atoms with Gasteiger partial charge < -0.3 is 15.2 Å². The Balaban J connectivity index is 1.97. The second-order valence-electron chi connectivity index (χ2n) is 5.98. The molecule has 0 saturated carbocycles. The van der Waals surface area contributed by atoms with Gasteiger partial charge in [-0.05, 0) is 36.9 Å². The van der Waals surface area contributed by atoms with Crippen LogP contribution in [0.2, 0.25) is 5.02 Å². The summed E-state index contributed by atoms with van der Waals surface area (Å²) in [7, 11) is 1.75. The van der Waals surface area contributed by atoms with Crippen molar-refractivity contribution in [3.8, 4) is 11.3 Å². The Labute approximate surface area is 167 Å². The fraction of sp³-hybridized carbons (Fsp3) is 0.0952. The van der Waals surface area contributed by atoms with Crippen molar-refractivity contribution < 1.29 is 14.1 Å². The van der Waals surface area contributed by atoms with Gasteiger partial charge in [-0.3, -0.25) is 9.59 Å². The number of rotatable bonds is 6. The molecule has 1 heterocycles. The van der Waals surface area contributed by atoms with Crippen LogP contribution in [-0.2, 0) is 0 Å². The van der Waals surface area contributed by atoms with Crippen LogP contribution >= 0.6 is 11.6 Å². The summed E-state index contributed by atoms with van der Waals surface area (Å²) < 4.78 is 5.24. The van der Waals surface area contributed by atoms with E-state index in [-0.39, 0.29) is 5.02 Å². The van der Waals surface area contributed by atoms with E-state index in [2.05, 4.69) is 15.8 Å². The van der Waals surface area contributed by atoms with Gasteiger partial charge in [0.05, 0.1) is 10.7 Å². The highest BCUT2D eigenvalue weighted by atomic mass is 35.5. The van der Waals surface area contributed by atoms with Crippen LogP contribution in [0.4, 0.5) is 5.69 Å². The third-order valence-electron chi connectivity index (χ3n) is 4.11. The molecule has 0 fully saturated rings. The minimum atomic E-state index is -0.401. The predicted octanol–water partition coefficient (Wildman–Crippen LogP) is 4.56. The van der Waals surface area contributed by atoms with Gasteiger partial charge in [0.2, 0.25) is 0 Å². The fourth-order valence-electron chi connectivity index (χ4n) is 2.74. The monoisotopic (exact) mass is 395 g/mol. The van der Waals surface area contributed by atoms with Crippen molar-refractivity contribution in [3.63, 3.8) is 0 Å². The summed E-state index contributed by atoms with van der Waals surface area (Å²) in [4.78, 5) is 24.2. The minimum absolute atomic E-state index is 0.257. The van der Waals surface area contributed by atoms with Crippen LogP contribution in [0.5, 0.6) is 0 Å². The number of carbonyl (C=O) groups is 2. The molecule has 2 aromatic carbocycles. The number of nitrogens with one attached hydrogen (secondary N) is 2. The quantitative estimate of drug-likeness (QED) is 0.598. The molecular weight excluding hydrogens is 378 g/mol. The van der Waals surface area contributed by atoms with Crippen molar-refractivity contribution in [3.05, 3.63) is 76.1 Å². The first-order valence-electron chi connectivity index (χ1n) is 8.50. The Morgan fingerprint density at radius 1 is 1.18 bits per heavy atom. The van der Waals surface area contributed by atoms with Gasteiger partial charge in [-0.2, -0.15) is 0 Å². The van der Waals surface area contributed by atoms with E-state index in [0.717, 1.165) is 5.56 Å². The molecule has 1 amide bonds. The summed E-state index contributed by atoms with van der Waals surface area (Å²) in [6.07, 6.45) is 4.11. The molecule has 2 N–H and O–H groups in total. The lowest BCUT2D eigenvalue weighted by Crippen LogP contribution is -2.14. The predicted molar refractivity (Wildman–Crippen MR) is 110 cm³/mol. The molecule has 0 aliphatic heterocycles. The van der Waals surface area contributed by atoms with Gasteiger partial charge in [-0.15, -0.1) is 0 Å². The minimum Gasteiger partial charge on any atom is -0.394 e. The summed E-state index contributed by atoms with van der Waals surface area (Å²) >= 11 is 6.26. The first kappa shape index (κ1) is 19.4. The van der Waals surface area contributed by atoms with Gasteiger partial charge in [-0.1, -0.05) is 47.1 Å². The maximum Gasteiger partial charge on any atom is 0.261 e. The highest BCUT2D eigenvalue weighted by Gasteiger charge is 2.22. The van der Waals surface area contributed by atoms with Gasteiger partial charge in [0.25, 0.3) is 5.91 Å². The SMILES string of the molecule is CN/C=C\c1cc(NC(=O)c2c(-c3ccccc3)noc2C)c(Cl)cc1C=O. The van der Waals surface area contributed by atoms with E-state index in [4.69, 9.17) is 16.1 Å². The molecule has 28 heavy (non-hydrogen) atoms. The smallest absolute Gasteiger partial charge is 0.261 e. The second-order valence-corrected chi connectivity index (χ2v) is 6.39. The zero-order valence-electron chi connectivity index (χ0n) is 15.3. The molecule has 6 nitrogen and oxygen atoms in total. The van der Waals surface area contributed by atoms with Crippen LogP contribution in [0.1, 0.15) is 32.0 Å². The molecule has 3 aromatic rings. The summed E-state index contributed by atoms with van der Waals surface area (Å²) in [5.74, 6) is -0.00538. The highest BCUT2D eigenvalue weighted by Crippen LogP contribution is 2.30. The normalized spacial score (nSPS) is 10.8. The average molecular weight is 396 g/mol. The Bertz CT molecular complexity index is 1040. The first-order chi connectivity index (χ1) is 13.5. The number of benzene rings is 2. The summed E-state index contributed by atoms with van der Waals surface area (Å²) in [6, 6.07) is 12.4. The topological polar surface area (TPSA) is 84.2 Å². The molecule has 0 bridgehead atoms. The van der Waals surface area contributed by atoms with Crippen LogP contribution in [0, 0.1) is 6.92 Å². The lowest BCUT2D eigenvalue weighted by atomic mass is 10.0.